The van der Waals surface area contributed by atoms with Crippen LogP contribution in [0.3, 0.4) is 0 Å². The number of rotatable bonds is 5. The molecule has 0 unspecified atom stereocenters. The molecule has 0 bridgehead atoms. The van der Waals surface area contributed by atoms with E-state index in [1.165, 1.54) is 18.3 Å². The van der Waals surface area contributed by atoms with Gasteiger partial charge in [-0.2, -0.15) is 5.10 Å². The van der Waals surface area contributed by atoms with Crippen molar-refractivity contribution >= 4 is 23.0 Å². The Morgan fingerprint density at radius 1 is 1.32 bits per heavy atom. The lowest BCUT2D eigenvalue weighted by Crippen LogP contribution is -2.26. The number of aromatic nitrogens is 3. The molecule has 6 nitrogen and oxygen atoms in total. The van der Waals surface area contributed by atoms with Crippen LogP contribution in [-0.4, -0.2) is 26.5 Å². The van der Waals surface area contributed by atoms with Crippen molar-refractivity contribution in [3.05, 3.63) is 63.7 Å². The second-order valence-electron chi connectivity index (χ2n) is 5.74. The fourth-order valence-corrected chi connectivity index (χ4v) is 3.35. The van der Waals surface area contributed by atoms with Crippen molar-refractivity contribution in [1.29, 1.82) is 0 Å². The Morgan fingerprint density at radius 3 is 2.76 bits per heavy atom. The van der Waals surface area contributed by atoms with Crippen LogP contribution in [0.25, 0.3) is 5.82 Å². The summed E-state index contributed by atoms with van der Waals surface area (Å²) >= 11 is 1.28. The van der Waals surface area contributed by atoms with Crippen molar-refractivity contribution in [1.82, 2.24) is 20.1 Å². The number of Topliss-reactive ketones (excluding diaryl/α,β-unsaturated/α-hetero) is 1. The molecule has 3 aromatic heterocycles. The van der Waals surface area contributed by atoms with E-state index in [9.17, 15) is 9.59 Å². The van der Waals surface area contributed by atoms with Gasteiger partial charge in [-0.25, -0.2) is 9.67 Å². The van der Waals surface area contributed by atoms with Gasteiger partial charge in [-0.3, -0.25) is 9.59 Å². The van der Waals surface area contributed by atoms with E-state index in [2.05, 4.69) is 15.4 Å². The third-order valence-electron chi connectivity index (χ3n) is 3.94. The van der Waals surface area contributed by atoms with Gasteiger partial charge in [-0.1, -0.05) is 6.07 Å². The maximum absolute atomic E-state index is 12.4. The van der Waals surface area contributed by atoms with Crippen molar-refractivity contribution in [2.24, 2.45) is 0 Å². The van der Waals surface area contributed by atoms with Gasteiger partial charge in [0.1, 0.15) is 0 Å². The molecule has 3 aromatic rings. The number of ketones is 1. The summed E-state index contributed by atoms with van der Waals surface area (Å²) in [5.74, 6) is 0.486. The molecule has 25 heavy (non-hydrogen) atoms. The molecule has 0 saturated carbocycles. The smallest absolute Gasteiger partial charge is 0.252 e. The van der Waals surface area contributed by atoms with Crippen molar-refractivity contribution in [2.45, 2.75) is 26.8 Å². The predicted molar refractivity (Wildman–Crippen MR) is 96.3 cm³/mol. The van der Waals surface area contributed by atoms with E-state index in [0.29, 0.717) is 10.4 Å². The Bertz CT molecular complexity index is 914. The molecule has 0 aliphatic heterocycles. The van der Waals surface area contributed by atoms with Crippen molar-refractivity contribution in [3.63, 3.8) is 0 Å². The highest BCUT2D eigenvalue weighted by Gasteiger charge is 2.18. The first-order valence-corrected chi connectivity index (χ1v) is 8.71. The highest BCUT2D eigenvalue weighted by molar-refractivity contribution is 7.12. The SMILES string of the molecule is CC(=O)c1cc(C(=O)N[C@H](C)c2cnn(-c3ccccn3)c2C)cs1. The van der Waals surface area contributed by atoms with E-state index in [1.807, 2.05) is 32.0 Å². The van der Waals surface area contributed by atoms with Crippen LogP contribution in [0.2, 0.25) is 0 Å². The molecule has 0 fully saturated rings. The van der Waals surface area contributed by atoms with Crippen LogP contribution in [0, 0.1) is 6.92 Å². The second-order valence-corrected chi connectivity index (χ2v) is 6.65. The summed E-state index contributed by atoms with van der Waals surface area (Å²) in [6.45, 7) is 5.34. The highest BCUT2D eigenvalue weighted by atomic mass is 32.1. The average molecular weight is 354 g/mol. The maximum atomic E-state index is 12.4. The molecule has 0 aliphatic carbocycles. The molecule has 1 amide bonds. The predicted octanol–water partition coefficient (Wildman–Crippen LogP) is 3.33. The zero-order valence-corrected chi connectivity index (χ0v) is 15.0. The number of amides is 1. The summed E-state index contributed by atoms with van der Waals surface area (Å²) in [7, 11) is 0. The van der Waals surface area contributed by atoms with Crippen LogP contribution in [-0.2, 0) is 0 Å². The van der Waals surface area contributed by atoms with Crippen LogP contribution < -0.4 is 5.32 Å². The molecule has 3 heterocycles. The molecular weight excluding hydrogens is 336 g/mol. The highest BCUT2D eigenvalue weighted by Crippen LogP contribution is 2.21. The minimum Gasteiger partial charge on any atom is -0.345 e. The summed E-state index contributed by atoms with van der Waals surface area (Å²) < 4.78 is 1.75. The monoisotopic (exact) mass is 354 g/mol. The van der Waals surface area contributed by atoms with E-state index in [0.717, 1.165) is 17.1 Å². The molecule has 128 valence electrons. The molecule has 0 saturated heterocycles. The van der Waals surface area contributed by atoms with Crippen molar-refractivity contribution in [3.8, 4) is 5.82 Å². The van der Waals surface area contributed by atoms with Crippen LogP contribution in [0.1, 0.15) is 51.2 Å². The number of pyridine rings is 1. The van der Waals surface area contributed by atoms with Gasteiger partial charge in [0.05, 0.1) is 22.7 Å². The third kappa shape index (κ3) is 3.51. The molecule has 3 rings (SSSR count). The Morgan fingerprint density at radius 2 is 2.12 bits per heavy atom. The van der Waals surface area contributed by atoms with Gasteiger partial charge < -0.3 is 5.32 Å². The van der Waals surface area contributed by atoms with Crippen LogP contribution in [0.4, 0.5) is 0 Å². The van der Waals surface area contributed by atoms with E-state index in [4.69, 9.17) is 0 Å². The fraction of sp³-hybridized carbons (Fsp3) is 0.222. The van der Waals surface area contributed by atoms with Gasteiger partial charge in [0.25, 0.3) is 5.91 Å². The summed E-state index contributed by atoms with van der Waals surface area (Å²) in [5.41, 5.74) is 2.33. The third-order valence-corrected chi connectivity index (χ3v) is 4.97. The van der Waals surface area contributed by atoms with Gasteiger partial charge in [-0.05, 0) is 39.0 Å². The number of carbonyl (C=O) groups is 2. The molecule has 7 heteroatoms. The standard InChI is InChI=1S/C18H18N4O2S/c1-11(21-18(24)14-8-16(13(3)23)25-10-14)15-9-20-22(12(15)2)17-6-4-5-7-19-17/h4-11H,1-3H3,(H,21,24)/t11-/m1/s1. The van der Waals surface area contributed by atoms with Gasteiger partial charge in [-0.15, -0.1) is 11.3 Å². The van der Waals surface area contributed by atoms with Crippen molar-refractivity contribution < 1.29 is 9.59 Å². The number of nitrogens with zero attached hydrogens (tertiary/aromatic N) is 3. The normalized spacial score (nSPS) is 12.0. The molecule has 0 radical (unpaired) electrons. The van der Waals surface area contributed by atoms with Gasteiger partial charge in [0.15, 0.2) is 11.6 Å². The number of carbonyl (C=O) groups excluding carboxylic acids is 2. The minimum atomic E-state index is -0.217. The maximum Gasteiger partial charge on any atom is 0.252 e. The number of nitrogens with one attached hydrogen (secondary N) is 1. The lowest BCUT2D eigenvalue weighted by Gasteiger charge is -2.13. The van der Waals surface area contributed by atoms with Gasteiger partial charge in [0.2, 0.25) is 0 Å². The van der Waals surface area contributed by atoms with E-state index >= 15 is 0 Å². The zero-order chi connectivity index (χ0) is 18.0. The lowest BCUT2D eigenvalue weighted by molar-refractivity contribution is 0.0940. The molecule has 1 N–H and O–H groups in total. The first-order valence-electron chi connectivity index (χ1n) is 7.83. The zero-order valence-electron chi connectivity index (χ0n) is 14.2. The Kier molecular flexibility index (Phi) is 4.76. The summed E-state index contributed by atoms with van der Waals surface area (Å²) in [6, 6.07) is 7.03. The van der Waals surface area contributed by atoms with Crippen LogP contribution in [0.5, 0.6) is 0 Å². The first-order chi connectivity index (χ1) is 12.0. The number of hydrogen-bond donors (Lipinski definition) is 1. The lowest BCUT2D eigenvalue weighted by atomic mass is 10.1. The van der Waals surface area contributed by atoms with Crippen molar-refractivity contribution in [2.75, 3.05) is 0 Å². The molecule has 1 atom stereocenters. The minimum absolute atomic E-state index is 0.0374. The first kappa shape index (κ1) is 17.0. The van der Waals surface area contributed by atoms with Gasteiger partial charge >= 0.3 is 0 Å². The molecule has 0 aromatic carbocycles. The summed E-state index contributed by atoms with van der Waals surface area (Å²) in [4.78, 5) is 28.6. The topological polar surface area (TPSA) is 76.9 Å². The summed E-state index contributed by atoms with van der Waals surface area (Å²) in [5, 5.41) is 9.03. The number of thiophene rings is 1. The van der Waals surface area contributed by atoms with Gasteiger partial charge in [0, 0.05) is 22.8 Å². The quantitative estimate of drug-likeness (QED) is 0.713. The largest absolute Gasteiger partial charge is 0.345 e. The Balaban J connectivity index is 1.77. The second kappa shape index (κ2) is 6.98. The molecular formula is C18H18N4O2S. The van der Waals surface area contributed by atoms with Crippen LogP contribution in [0.15, 0.2) is 42.0 Å². The van der Waals surface area contributed by atoms with Crippen LogP contribution >= 0.6 is 11.3 Å². The molecule has 0 spiro atoms. The fourth-order valence-electron chi connectivity index (χ4n) is 2.56. The summed E-state index contributed by atoms with van der Waals surface area (Å²) in [6.07, 6.45) is 3.45. The molecule has 0 aliphatic rings. The van der Waals surface area contributed by atoms with E-state index in [-0.39, 0.29) is 17.7 Å². The van der Waals surface area contributed by atoms with E-state index < -0.39 is 0 Å². The Labute approximate surface area is 149 Å². The average Bonchev–Trinajstić information content (AvgIpc) is 3.22. The van der Waals surface area contributed by atoms with E-state index in [1.54, 1.807) is 28.5 Å². The Hall–Kier alpha value is -2.80. The number of hydrogen-bond acceptors (Lipinski definition) is 5.